The van der Waals surface area contributed by atoms with Crippen molar-refractivity contribution in [2.24, 2.45) is 7.05 Å². The van der Waals surface area contributed by atoms with Crippen LogP contribution in [0.2, 0.25) is 0 Å². The number of hydrogen-bond donors (Lipinski definition) is 1. The number of nitrogens with zero attached hydrogens (tertiary/aromatic N) is 8. The molecule has 2 bridgehead atoms. The number of anilines is 1. The Balaban J connectivity index is 1.89. The van der Waals surface area contributed by atoms with E-state index in [1.54, 1.807) is 31.6 Å². The molecule has 12 heteroatoms. The van der Waals surface area contributed by atoms with E-state index in [0.717, 1.165) is 0 Å². The van der Waals surface area contributed by atoms with Gasteiger partial charge in [0, 0.05) is 18.7 Å². The number of nitrogen functional groups attached to an aromatic ring is 1. The third-order valence-electron chi connectivity index (χ3n) is 5.58. The summed E-state index contributed by atoms with van der Waals surface area (Å²) in [5, 5.41) is 22.4. The summed E-state index contributed by atoms with van der Waals surface area (Å²) in [6, 6.07) is 7.78. The van der Waals surface area contributed by atoms with Crippen LogP contribution in [-0.2, 0) is 13.6 Å². The second kappa shape index (κ2) is 7.27. The van der Waals surface area contributed by atoms with Crippen LogP contribution in [-0.4, -0.2) is 34.3 Å². The van der Waals surface area contributed by atoms with Crippen LogP contribution in [0.3, 0.4) is 0 Å². The van der Waals surface area contributed by atoms with Crippen molar-refractivity contribution >= 4 is 5.82 Å². The van der Waals surface area contributed by atoms with Gasteiger partial charge in [0.05, 0.1) is 23.5 Å². The number of benzene rings is 1. The lowest BCUT2D eigenvalue weighted by Gasteiger charge is -2.22. The quantitative estimate of drug-likeness (QED) is 0.428. The molecule has 0 saturated carbocycles. The number of nitriles is 1. The Hall–Kier alpha value is -4.53. The molecule has 0 fully saturated rings. The van der Waals surface area contributed by atoms with Crippen LogP contribution in [0.15, 0.2) is 29.1 Å². The molecule has 1 aromatic carbocycles. The lowest BCUT2D eigenvalue weighted by molar-refractivity contribution is 0.226. The van der Waals surface area contributed by atoms with Crippen LogP contribution < -0.4 is 16.2 Å². The first-order valence-electron chi connectivity index (χ1n) is 10.0. The highest BCUT2D eigenvalue weighted by Crippen LogP contribution is 2.34. The molecule has 3 aromatic heterocycles. The van der Waals surface area contributed by atoms with Crippen LogP contribution in [0.5, 0.6) is 5.75 Å². The van der Waals surface area contributed by atoms with Crippen LogP contribution in [0.25, 0.3) is 16.9 Å². The zero-order chi connectivity index (χ0) is 23.4. The van der Waals surface area contributed by atoms with Crippen molar-refractivity contribution in [1.82, 2.24) is 34.3 Å². The maximum Gasteiger partial charge on any atom is 0.368 e. The van der Waals surface area contributed by atoms with E-state index in [1.807, 2.05) is 0 Å². The maximum atomic E-state index is 14.2. The number of halogens is 1. The normalized spacial score (nSPS) is 14.7. The van der Waals surface area contributed by atoms with Crippen molar-refractivity contribution in [3.8, 4) is 28.8 Å². The summed E-state index contributed by atoms with van der Waals surface area (Å²) in [5.74, 6) is 0.168. The molecule has 0 radical (unpaired) electrons. The van der Waals surface area contributed by atoms with E-state index in [0.29, 0.717) is 34.0 Å². The smallest absolute Gasteiger partial charge is 0.368 e. The average molecular weight is 447 g/mol. The SMILES string of the molecule is Cc1nc(=O)n2n1Cc1nn(C)c(C#N)c1-c1cc(c(N)nn1)O[C@H](C)c1cc(F)ccc1-2. The van der Waals surface area contributed by atoms with E-state index < -0.39 is 17.6 Å². The first-order chi connectivity index (χ1) is 15.8. The summed E-state index contributed by atoms with van der Waals surface area (Å²) in [4.78, 5) is 17.0. The van der Waals surface area contributed by atoms with E-state index in [2.05, 4.69) is 26.3 Å². The highest BCUT2D eigenvalue weighted by molar-refractivity contribution is 5.70. The first kappa shape index (κ1) is 20.4. The third-order valence-corrected chi connectivity index (χ3v) is 5.58. The Morgan fingerprint density at radius 1 is 1.30 bits per heavy atom. The van der Waals surface area contributed by atoms with Gasteiger partial charge in [-0.15, -0.1) is 10.2 Å². The van der Waals surface area contributed by atoms with Crippen molar-refractivity contribution in [2.45, 2.75) is 26.5 Å². The summed E-state index contributed by atoms with van der Waals surface area (Å²) < 4.78 is 24.7. The number of nitrogens with two attached hydrogens (primary N) is 1. The number of ether oxygens (including phenoxy) is 1. The molecule has 2 N–H and O–H groups in total. The van der Waals surface area contributed by atoms with Gasteiger partial charge in [-0.3, -0.25) is 9.36 Å². The van der Waals surface area contributed by atoms with Crippen molar-refractivity contribution < 1.29 is 9.13 Å². The van der Waals surface area contributed by atoms with Crippen LogP contribution >= 0.6 is 0 Å². The molecule has 1 aliphatic heterocycles. The molecular formula is C21H18FN9O2. The fourth-order valence-corrected chi connectivity index (χ4v) is 4.04. The van der Waals surface area contributed by atoms with Gasteiger partial charge in [0.25, 0.3) is 0 Å². The molecule has 4 heterocycles. The fourth-order valence-electron chi connectivity index (χ4n) is 4.04. The molecule has 0 unspecified atom stereocenters. The molecule has 11 nitrogen and oxygen atoms in total. The third kappa shape index (κ3) is 3.13. The van der Waals surface area contributed by atoms with Crippen molar-refractivity contribution in [2.75, 3.05) is 5.73 Å². The van der Waals surface area contributed by atoms with Crippen molar-refractivity contribution in [3.63, 3.8) is 0 Å². The van der Waals surface area contributed by atoms with Gasteiger partial charge in [0.15, 0.2) is 11.6 Å². The zero-order valence-electron chi connectivity index (χ0n) is 17.9. The lowest BCUT2D eigenvalue weighted by Crippen LogP contribution is -2.25. The molecule has 0 spiro atoms. The van der Waals surface area contributed by atoms with E-state index in [1.165, 1.54) is 27.6 Å². The Bertz CT molecular complexity index is 1530. The number of aryl methyl sites for hydroxylation is 2. The fraction of sp³-hybridized carbons (Fsp3) is 0.238. The minimum Gasteiger partial charge on any atom is -0.482 e. The minimum absolute atomic E-state index is 0.0302. The standard InChI is InChI=1S/C21H18FN9O2/c1-10-13-6-12(22)4-5-16(13)31-21(32)25-11(2)30(31)9-15-19(17(8-23)29(3)28-15)14-7-18(33-10)20(24)27-26-14/h4-7,10H,9H2,1-3H3,(H2,24,27)/t10-/m1/s1. The molecule has 1 aliphatic rings. The van der Waals surface area contributed by atoms with Gasteiger partial charge < -0.3 is 10.5 Å². The number of hydrogen-bond acceptors (Lipinski definition) is 8. The largest absolute Gasteiger partial charge is 0.482 e. The molecule has 4 aromatic rings. The second-order valence-corrected chi connectivity index (χ2v) is 7.66. The number of rotatable bonds is 0. The summed E-state index contributed by atoms with van der Waals surface area (Å²) in [5.41, 5.74) is 7.76. The molecule has 0 amide bonds. The van der Waals surface area contributed by atoms with Crippen LogP contribution in [0.4, 0.5) is 10.2 Å². The van der Waals surface area contributed by atoms with Crippen molar-refractivity contribution in [1.29, 1.82) is 5.26 Å². The van der Waals surface area contributed by atoms with Gasteiger partial charge in [-0.1, -0.05) is 0 Å². The molecule has 166 valence electrons. The monoisotopic (exact) mass is 447 g/mol. The van der Waals surface area contributed by atoms with E-state index >= 15 is 0 Å². The van der Waals surface area contributed by atoms with Gasteiger partial charge >= 0.3 is 5.69 Å². The summed E-state index contributed by atoms with van der Waals surface area (Å²) in [6.07, 6.45) is -0.714. The summed E-state index contributed by atoms with van der Waals surface area (Å²) in [6.45, 7) is 3.49. The van der Waals surface area contributed by atoms with Crippen LogP contribution in [0.1, 0.15) is 35.8 Å². The highest BCUT2D eigenvalue weighted by atomic mass is 19.1. The molecule has 1 atom stereocenters. The van der Waals surface area contributed by atoms with E-state index in [4.69, 9.17) is 10.5 Å². The van der Waals surface area contributed by atoms with E-state index in [9.17, 15) is 14.4 Å². The first-order valence-corrected chi connectivity index (χ1v) is 10.0. The maximum absolute atomic E-state index is 14.2. The minimum atomic E-state index is -0.714. The summed E-state index contributed by atoms with van der Waals surface area (Å²) in [7, 11) is 1.64. The van der Waals surface area contributed by atoms with Gasteiger partial charge in [0.1, 0.15) is 35.2 Å². The van der Waals surface area contributed by atoms with Gasteiger partial charge in [-0.2, -0.15) is 20.0 Å². The predicted molar refractivity (Wildman–Crippen MR) is 114 cm³/mol. The van der Waals surface area contributed by atoms with Crippen LogP contribution in [0, 0.1) is 24.1 Å². The predicted octanol–water partition coefficient (Wildman–Crippen LogP) is 1.63. The average Bonchev–Trinajstić information content (AvgIpc) is 3.23. The Morgan fingerprint density at radius 3 is 2.85 bits per heavy atom. The molecule has 33 heavy (non-hydrogen) atoms. The Morgan fingerprint density at radius 2 is 2.09 bits per heavy atom. The highest BCUT2D eigenvalue weighted by Gasteiger charge is 2.26. The molecule has 0 aliphatic carbocycles. The number of aromatic nitrogens is 7. The van der Waals surface area contributed by atoms with Crippen molar-refractivity contribution in [3.05, 3.63) is 63.3 Å². The second-order valence-electron chi connectivity index (χ2n) is 7.66. The van der Waals surface area contributed by atoms with Gasteiger partial charge in [0.2, 0.25) is 0 Å². The topological polar surface area (TPSA) is 142 Å². The Kier molecular flexibility index (Phi) is 4.49. The zero-order valence-corrected chi connectivity index (χ0v) is 17.9. The molecule has 5 rings (SSSR count). The lowest BCUT2D eigenvalue weighted by atomic mass is 10.1. The Labute approximate surface area is 186 Å². The molecule has 0 saturated heterocycles. The van der Waals surface area contributed by atoms with Gasteiger partial charge in [-0.05, 0) is 32.0 Å². The number of fused-ring (bicyclic) bond motifs is 7. The molecular weight excluding hydrogens is 429 g/mol. The van der Waals surface area contributed by atoms with Gasteiger partial charge in [-0.25, -0.2) is 9.18 Å². The summed E-state index contributed by atoms with van der Waals surface area (Å²) >= 11 is 0. The van der Waals surface area contributed by atoms with E-state index in [-0.39, 0.29) is 23.8 Å².